The van der Waals surface area contributed by atoms with Gasteiger partial charge in [0, 0.05) is 48.3 Å². The lowest BCUT2D eigenvalue weighted by molar-refractivity contribution is 0.396. The van der Waals surface area contributed by atoms with E-state index in [0.717, 1.165) is 47.4 Å². The summed E-state index contributed by atoms with van der Waals surface area (Å²) in [6, 6.07) is 12.1. The Morgan fingerprint density at radius 3 is 2.56 bits per heavy atom. The van der Waals surface area contributed by atoms with Gasteiger partial charge >= 0.3 is 0 Å². The van der Waals surface area contributed by atoms with Gasteiger partial charge < -0.3 is 14.5 Å². The smallest absolute Gasteiger partial charge is 0.228 e. The molecule has 0 aliphatic carbocycles. The van der Waals surface area contributed by atoms with Gasteiger partial charge in [0.25, 0.3) is 0 Å². The SMILES string of the molecule is COc1ccnc(N2CCN(c3ccc4cccc(Br)c4n3)CC2)n1. The quantitative estimate of drug-likeness (QED) is 0.674. The summed E-state index contributed by atoms with van der Waals surface area (Å²) < 4.78 is 6.21. The highest BCUT2D eigenvalue weighted by molar-refractivity contribution is 9.10. The number of methoxy groups -OCH3 is 1. The lowest BCUT2D eigenvalue weighted by Gasteiger charge is -2.35. The molecule has 3 aromatic rings. The first kappa shape index (κ1) is 16.1. The average Bonchev–Trinajstić information content (AvgIpc) is 2.68. The molecule has 6 nitrogen and oxygen atoms in total. The molecule has 7 heteroatoms. The molecule has 0 N–H and O–H groups in total. The number of piperazine rings is 1. The number of nitrogens with zero attached hydrogens (tertiary/aromatic N) is 5. The summed E-state index contributed by atoms with van der Waals surface area (Å²) in [5.74, 6) is 2.31. The van der Waals surface area contributed by atoms with E-state index in [1.807, 2.05) is 12.1 Å². The molecule has 0 saturated carbocycles. The van der Waals surface area contributed by atoms with E-state index in [1.54, 1.807) is 19.4 Å². The fourth-order valence-corrected chi connectivity index (χ4v) is 3.48. The van der Waals surface area contributed by atoms with Crippen LogP contribution in [0, 0.1) is 0 Å². The molecule has 0 spiro atoms. The Hall–Kier alpha value is -2.41. The maximum atomic E-state index is 5.19. The summed E-state index contributed by atoms with van der Waals surface area (Å²) in [4.78, 5) is 18.1. The minimum Gasteiger partial charge on any atom is -0.481 e. The van der Waals surface area contributed by atoms with E-state index in [1.165, 1.54) is 0 Å². The number of ether oxygens (including phenoxy) is 1. The van der Waals surface area contributed by atoms with Gasteiger partial charge in [-0.1, -0.05) is 12.1 Å². The van der Waals surface area contributed by atoms with Crippen molar-refractivity contribution in [2.24, 2.45) is 0 Å². The molecule has 0 radical (unpaired) electrons. The number of hydrogen-bond acceptors (Lipinski definition) is 6. The molecule has 0 atom stereocenters. The van der Waals surface area contributed by atoms with Gasteiger partial charge in [0.15, 0.2) is 0 Å². The minimum absolute atomic E-state index is 0.591. The van der Waals surface area contributed by atoms with Gasteiger partial charge in [0.2, 0.25) is 11.8 Å². The third kappa shape index (κ3) is 3.24. The Labute approximate surface area is 154 Å². The van der Waals surface area contributed by atoms with Gasteiger partial charge in [-0.15, -0.1) is 0 Å². The Bertz CT molecular complexity index is 896. The van der Waals surface area contributed by atoms with Crippen molar-refractivity contribution in [3.05, 3.63) is 47.1 Å². The molecular weight excluding hydrogens is 382 g/mol. The molecule has 1 fully saturated rings. The van der Waals surface area contributed by atoms with Gasteiger partial charge in [-0.05, 0) is 34.1 Å². The summed E-state index contributed by atoms with van der Waals surface area (Å²) in [6.45, 7) is 3.46. The van der Waals surface area contributed by atoms with Crippen molar-refractivity contribution in [2.45, 2.75) is 0 Å². The van der Waals surface area contributed by atoms with Gasteiger partial charge in [-0.2, -0.15) is 4.98 Å². The number of anilines is 2. The van der Waals surface area contributed by atoms with Crippen LogP contribution >= 0.6 is 15.9 Å². The second kappa shape index (κ2) is 6.84. The van der Waals surface area contributed by atoms with Crippen LogP contribution in [0.5, 0.6) is 5.88 Å². The van der Waals surface area contributed by atoms with Crippen molar-refractivity contribution < 1.29 is 4.74 Å². The molecule has 0 unspecified atom stereocenters. The number of fused-ring (bicyclic) bond motifs is 1. The predicted molar refractivity (Wildman–Crippen MR) is 102 cm³/mol. The fraction of sp³-hybridized carbons (Fsp3) is 0.278. The first-order chi connectivity index (χ1) is 12.2. The van der Waals surface area contributed by atoms with E-state index in [0.29, 0.717) is 11.8 Å². The second-order valence-corrected chi connectivity index (χ2v) is 6.71. The number of rotatable bonds is 3. The third-order valence-electron chi connectivity index (χ3n) is 4.37. The Morgan fingerprint density at radius 2 is 1.76 bits per heavy atom. The summed E-state index contributed by atoms with van der Waals surface area (Å²) in [7, 11) is 1.62. The number of aromatic nitrogens is 3. The lowest BCUT2D eigenvalue weighted by atomic mass is 10.2. The molecule has 128 valence electrons. The van der Waals surface area contributed by atoms with Crippen LogP contribution in [0.3, 0.4) is 0 Å². The van der Waals surface area contributed by atoms with E-state index in [9.17, 15) is 0 Å². The topological polar surface area (TPSA) is 54.4 Å². The molecule has 2 aromatic heterocycles. The summed E-state index contributed by atoms with van der Waals surface area (Å²) >= 11 is 3.59. The van der Waals surface area contributed by atoms with E-state index in [4.69, 9.17) is 9.72 Å². The predicted octanol–water partition coefficient (Wildman–Crippen LogP) is 3.12. The molecule has 4 rings (SSSR count). The van der Waals surface area contributed by atoms with E-state index >= 15 is 0 Å². The highest BCUT2D eigenvalue weighted by Gasteiger charge is 2.20. The summed E-state index contributed by atoms with van der Waals surface area (Å²) in [6.07, 6.45) is 1.73. The van der Waals surface area contributed by atoms with Crippen LogP contribution in [0.4, 0.5) is 11.8 Å². The molecule has 3 heterocycles. The Morgan fingerprint density at radius 1 is 0.960 bits per heavy atom. The van der Waals surface area contributed by atoms with Crippen molar-refractivity contribution in [3.8, 4) is 5.88 Å². The van der Waals surface area contributed by atoms with Gasteiger partial charge in [-0.3, -0.25) is 0 Å². The maximum Gasteiger partial charge on any atom is 0.228 e. The zero-order valence-corrected chi connectivity index (χ0v) is 15.5. The summed E-state index contributed by atoms with van der Waals surface area (Å²) in [5.41, 5.74) is 0.999. The van der Waals surface area contributed by atoms with Crippen LogP contribution in [-0.2, 0) is 0 Å². The summed E-state index contributed by atoms with van der Waals surface area (Å²) in [5, 5.41) is 1.14. The highest BCUT2D eigenvalue weighted by Crippen LogP contribution is 2.25. The van der Waals surface area contributed by atoms with Crippen LogP contribution in [0.1, 0.15) is 0 Å². The van der Waals surface area contributed by atoms with E-state index < -0.39 is 0 Å². The van der Waals surface area contributed by atoms with Crippen LogP contribution in [0.2, 0.25) is 0 Å². The van der Waals surface area contributed by atoms with Crippen molar-refractivity contribution in [3.63, 3.8) is 0 Å². The fourth-order valence-electron chi connectivity index (χ4n) is 3.01. The molecule has 1 aromatic carbocycles. The van der Waals surface area contributed by atoms with Crippen molar-refractivity contribution in [1.29, 1.82) is 0 Å². The first-order valence-corrected chi connectivity index (χ1v) is 8.96. The monoisotopic (exact) mass is 399 g/mol. The van der Waals surface area contributed by atoms with Crippen molar-refractivity contribution >= 4 is 38.6 Å². The molecule has 1 saturated heterocycles. The van der Waals surface area contributed by atoms with Crippen LogP contribution in [0.15, 0.2) is 47.1 Å². The molecule has 25 heavy (non-hydrogen) atoms. The third-order valence-corrected chi connectivity index (χ3v) is 5.01. The van der Waals surface area contributed by atoms with Crippen LogP contribution in [0.25, 0.3) is 10.9 Å². The van der Waals surface area contributed by atoms with Gasteiger partial charge in [0.1, 0.15) is 5.82 Å². The number of pyridine rings is 1. The molecule has 0 amide bonds. The number of para-hydroxylation sites is 1. The standard InChI is InChI=1S/C18H18BrN5O/c1-25-16-7-8-20-18(22-16)24-11-9-23(10-12-24)15-6-5-13-3-2-4-14(19)17(13)21-15/h2-8H,9-12H2,1H3. The normalized spacial score (nSPS) is 14.8. The van der Waals surface area contributed by atoms with E-state index in [2.05, 4.69) is 53.9 Å². The zero-order valence-electron chi connectivity index (χ0n) is 13.9. The second-order valence-electron chi connectivity index (χ2n) is 5.85. The maximum absolute atomic E-state index is 5.19. The number of hydrogen-bond donors (Lipinski definition) is 0. The van der Waals surface area contributed by atoms with Crippen molar-refractivity contribution in [2.75, 3.05) is 43.1 Å². The Kier molecular flexibility index (Phi) is 4.40. The van der Waals surface area contributed by atoms with Crippen molar-refractivity contribution in [1.82, 2.24) is 15.0 Å². The van der Waals surface area contributed by atoms with Gasteiger partial charge in [0.05, 0.1) is 12.6 Å². The van der Waals surface area contributed by atoms with Crippen LogP contribution < -0.4 is 14.5 Å². The number of benzene rings is 1. The molecular formula is C18H18BrN5O. The van der Waals surface area contributed by atoms with Crippen LogP contribution in [-0.4, -0.2) is 48.2 Å². The lowest BCUT2D eigenvalue weighted by Crippen LogP contribution is -2.47. The van der Waals surface area contributed by atoms with E-state index in [-0.39, 0.29) is 0 Å². The van der Waals surface area contributed by atoms with Gasteiger partial charge in [-0.25, -0.2) is 9.97 Å². The molecule has 1 aliphatic heterocycles. The largest absolute Gasteiger partial charge is 0.481 e. The first-order valence-electron chi connectivity index (χ1n) is 8.17. The minimum atomic E-state index is 0.591. The average molecular weight is 400 g/mol. The molecule has 1 aliphatic rings. The zero-order chi connectivity index (χ0) is 17.2. The Balaban J connectivity index is 1.51. The molecule has 0 bridgehead atoms. The highest BCUT2D eigenvalue weighted by atomic mass is 79.9. The number of halogens is 1.